The predicted molar refractivity (Wildman–Crippen MR) is 72.2 cm³/mol. The van der Waals surface area contributed by atoms with Crippen molar-refractivity contribution in [3.8, 4) is 0 Å². The molecule has 0 aliphatic rings. The maximum atomic E-state index is 4.25. The first-order valence-corrected chi connectivity index (χ1v) is 6.63. The van der Waals surface area contributed by atoms with Crippen LogP contribution in [0.2, 0.25) is 0 Å². The van der Waals surface area contributed by atoms with E-state index in [9.17, 15) is 0 Å². The minimum absolute atomic E-state index is 0.407. The van der Waals surface area contributed by atoms with Gasteiger partial charge >= 0.3 is 0 Å². The van der Waals surface area contributed by atoms with E-state index < -0.39 is 0 Å². The van der Waals surface area contributed by atoms with E-state index in [0.717, 1.165) is 17.9 Å². The van der Waals surface area contributed by atoms with E-state index in [-0.39, 0.29) is 0 Å². The normalized spacial score (nSPS) is 14.9. The summed E-state index contributed by atoms with van der Waals surface area (Å²) >= 11 is 3.55. The third-order valence-electron chi connectivity index (χ3n) is 2.35. The molecule has 0 spiro atoms. The number of halogens is 1. The van der Waals surface area contributed by atoms with Gasteiger partial charge in [-0.1, -0.05) is 36.7 Å². The molecular weight excluding hydrogens is 266 g/mol. The van der Waals surface area contributed by atoms with Crippen molar-refractivity contribution in [1.82, 2.24) is 9.97 Å². The van der Waals surface area contributed by atoms with E-state index in [1.807, 2.05) is 6.07 Å². The third-order valence-corrected chi connectivity index (χ3v) is 2.73. The van der Waals surface area contributed by atoms with E-state index in [1.165, 1.54) is 0 Å². The average Bonchev–Trinajstić information content (AvgIpc) is 2.16. The highest BCUT2D eigenvalue weighted by atomic mass is 79.9. The quantitative estimate of drug-likeness (QED) is 0.841. The summed E-state index contributed by atoms with van der Waals surface area (Å²) < 4.78 is 0. The van der Waals surface area contributed by atoms with E-state index in [4.69, 9.17) is 0 Å². The van der Waals surface area contributed by atoms with Crippen molar-refractivity contribution in [3.05, 3.63) is 18.1 Å². The van der Waals surface area contributed by atoms with Gasteiger partial charge in [0.05, 0.1) is 0 Å². The molecule has 16 heavy (non-hydrogen) atoms. The lowest BCUT2D eigenvalue weighted by molar-refractivity contribution is 0.703. The summed E-state index contributed by atoms with van der Waals surface area (Å²) in [5.74, 6) is 1.35. The van der Waals surface area contributed by atoms with Gasteiger partial charge < -0.3 is 5.32 Å². The van der Waals surface area contributed by atoms with Crippen molar-refractivity contribution in [2.45, 2.75) is 50.9 Å². The molecule has 0 saturated heterocycles. The highest BCUT2D eigenvalue weighted by Gasteiger charge is 2.08. The monoisotopic (exact) mass is 285 g/mol. The molecule has 1 rings (SSSR count). The highest BCUT2D eigenvalue weighted by molar-refractivity contribution is 9.09. The lowest BCUT2D eigenvalue weighted by atomic mass is 10.1. The first kappa shape index (κ1) is 13.4. The molecule has 0 amide bonds. The zero-order chi connectivity index (χ0) is 12.1. The van der Waals surface area contributed by atoms with Crippen LogP contribution in [0.5, 0.6) is 0 Å². The van der Waals surface area contributed by atoms with Crippen molar-refractivity contribution in [2.75, 3.05) is 5.32 Å². The summed E-state index contributed by atoms with van der Waals surface area (Å²) in [7, 11) is 0. The van der Waals surface area contributed by atoms with Crippen LogP contribution in [0.25, 0.3) is 0 Å². The summed E-state index contributed by atoms with van der Waals surface area (Å²) in [5.41, 5.74) is 1.08. The number of anilines is 1. The Morgan fingerprint density at radius 1 is 1.25 bits per heavy atom. The minimum Gasteiger partial charge on any atom is -0.367 e. The van der Waals surface area contributed by atoms with Crippen LogP contribution in [0, 0.1) is 0 Å². The first-order valence-electron chi connectivity index (χ1n) is 5.71. The van der Waals surface area contributed by atoms with Gasteiger partial charge in [0.25, 0.3) is 0 Å². The molecule has 4 heteroatoms. The topological polar surface area (TPSA) is 37.8 Å². The number of nitrogens with one attached hydrogen (secondary N) is 1. The van der Waals surface area contributed by atoms with Crippen LogP contribution in [0.4, 0.5) is 5.82 Å². The molecular formula is C12H20BrN3. The number of hydrogen-bond acceptors (Lipinski definition) is 3. The van der Waals surface area contributed by atoms with Crippen molar-refractivity contribution in [2.24, 2.45) is 0 Å². The predicted octanol–water partition coefficient (Wildman–Crippen LogP) is 3.57. The fourth-order valence-corrected chi connectivity index (χ4v) is 2.13. The zero-order valence-electron chi connectivity index (χ0n) is 10.4. The van der Waals surface area contributed by atoms with Crippen LogP contribution in [0.15, 0.2) is 12.4 Å². The molecule has 2 unspecified atom stereocenters. The molecule has 1 aromatic heterocycles. The molecule has 0 aliphatic carbocycles. The Morgan fingerprint density at radius 3 is 2.50 bits per heavy atom. The Morgan fingerprint density at radius 2 is 1.94 bits per heavy atom. The van der Waals surface area contributed by atoms with Gasteiger partial charge in [-0.3, -0.25) is 0 Å². The van der Waals surface area contributed by atoms with Crippen LogP contribution < -0.4 is 5.32 Å². The smallest absolute Gasteiger partial charge is 0.129 e. The van der Waals surface area contributed by atoms with Crippen molar-refractivity contribution < 1.29 is 0 Å². The molecule has 0 bridgehead atoms. The van der Waals surface area contributed by atoms with Gasteiger partial charge in [-0.2, -0.15) is 0 Å². The van der Waals surface area contributed by atoms with Crippen molar-refractivity contribution in [1.29, 1.82) is 0 Å². The summed E-state index contributed by atoms with van der Waals surface area (Å²) in [5, 5.41) is 3.39. The molecule has 3 nitrogen and oxygen atoms in total. The second-order valence-corrected chi connectivity index (χ2v) is 6.11. The van der Waals surface area contributed by atoms with Crippen LogP contribution in [-0.4, -0.2) is 20.8 Å². The Kier molecular flexibility index (Phi) is 5.19. The molecule has 1 aromatic rings. The van der Waals surface area contributed by atoms with Crippen LogP contribution in [-0.2, 0) is 0 Å². The van der Waals surface area contributed by atoms with E-state index >= 15 is 0 Å². The lowest BCUT2D eigenvalue weighted by Gasteiger charge is -2.16. The summed E-state index contributed by atoms with van der Waals surface area (Å²) in [4.78, 5) is 8.99. The maximum absolute atomic E-state index is 4.25. The maximum Gasteiger partial charge on any atom is 0.129 e. The molecule has 0 fully saturated rings. The molecule has 0 aromatic carbocycles. The summed E-state index contributed by atoms with van der Waals surface area (Å²) in [6.07, 6.45) is 2.70. The number of aromatic nitrogens is 2. The highest BCUT2D eigenvalue weighted by Crippen LogP contribution is 2.16. The molecule has 90 valence electrons. The van der Waals surface area contributed by atoms with Crippen molar-refractivity contribution in [3.63, 3.8) is 0 Å². The molecule has 0 radical (unpaired) electrons. The fourth-order valence-electron chi connectivity index (χ4n) is 1.57. The van der Waals surface area contributed by atoms with Gasteiger partial charge in [0.2, 0.25) is 0 Å². The Bertz CT molecular complexity index is 326. The minimum atomic E-state index is 0.407. The summed E-state index contributed by atoms with van der Waals surface area (Å²) in [6.45, 7) is 8.58. The molecule has 0 aliphatic heterocycles. The fraction of sp³-hybridized carbons (Fsp3) is 0.667. The number of nitrogens with zero attached hydrogens (tertiary/aromatic N) is 2. The van der Waals surface area contributed by atoms with Gasteiger partial charge in [0.1, 0.15) is 12.1 Å². The zero-order valence-corrected chi connectivity index (χ0v) is 12.0. The standard InChI is InChI=1S/C12H20BrN3/c1-8(2)11-6-12(15-7-14-11)16-10(4)5-9(3)13/h6-10H,5H2,1-4H3,(H,14,15,16). The van der Waals surface area contributed by atoms with E-state index in [1.54, 1.807) is 6.33 Å². The van der Waals surface area contributed by atoms with Crippen LogP contribution in [0.1, 0.15) is 45.7 Å². The van der Waals surface area contributed by atoms with Crippen LogP contribution >= 0.6 is 15.9 Å². The van der Waals surface area contributed by atoms with Gasteiger partial charge in [-0.25, -0.2) is 9.97 Å². The Balaban J connectivity index is 2.63. The second kappa shape index (κ2) is 6.18. The lowest BCUT2D eigenvalue weighted by Crippen LogP contribution is -2.19. The van der Waals surface area contributed by atoms with Gasteiger partial charge in [-0.15, -0.1) is 0 Å². The number of alkyl halides is 1. The molecule has 1 N–H and O–H groups in total. The van der Waals surface area contributed by atoms with Crippen LogP contribution in [0.3, 0.4) is 0 Å². The molecule has 2 atom stereocenters. The number of rotatable bonds is 5. The van der Waals surface area contributed by atoms with Crippen molar-refractivity contribution >= 4 is 21.7 Å². The Hall–Kier alpha value is -0.640. The molecule has 0 saturated carbocycles. The van der Waals surface area contributed by atoms with E-state index in [0.29, 0.717) is 16.8 Å². The average molecular weight is 286 g/mol. The van der Waals surface area contributed by atoms with Gasteiger partial charge in [0, 0.05) is 22.6 Å². The number of hydrogen-bond donors (Lipinski definition) is 1. The third kappa shape index (κ3) is 4.47. The first-order chi connectivity index (χ1) is 7.49. The van der Waals surface area contributed by atoms with Gasteiger partial charge in [-0.05, 0) is 19.3 Å². The Labute approximate surface area is 106 Å². The largest absolute Gasteiger partial charge is 0.367 e. The molecule has 1 heterocycles. The van der Waals surface area contributed by atoms with Gasteiger partial charge in [0.15, 0.2) is 0 Å². The second-order valence-electron chi connectivity index (χ2n) is 4.54. The summed E-state index contributed by atoms with van der Waals surface area (Å²) in [6, 6.07) is 2.43. The van der Waals surface area contributed by atoms with E-state index in [2.05, 4.69) is 58.9 Å². The SMILES string of the molecule is CC(Br)CC(C)Nc1cc(C(C)C)ncn1.